The summed E-state index contributed by atoms with van der Waals surface area (Å²) in [6.07, 6.45) is 2.65. The largest absolute Gasteiger partial charge is 0.481 e. The van der Waals surface area contributed by atoms with Gasteiger partial charge in [-0.15, -0.1) is 0 Å². The highest BCUT2D eigenvalue weighted by atomic mass is 16.4. The van der Waals surface area contributed by atoms with Crippen LogP contribution < -0.4 is 0 Å². The standard InChI is InChI=1S/C10H16O4/c1-2-7-6-10(7,9(13)14)5-3-4-8(11)12/h7H,2-6H2,1H3,(H,11,12)(H,13,14). The van der Waals surface area contributed by atoms with Crippen molar-refractivity contribution in [3.63, 3.8) is 0 Å². The van der Waals surface area contributed by atoms with Crippen LogP contribution in [0.4, 0.5) is 0 Å². The molecule has 0 saturated heterocycles. The van der Waals surface area contributed by atoms with E-state index in [4.69, 9.17) is 10.2 Å². The first kappa shape index (κ1) is 11.0. The van der Waals surface area contributed by atoms with Gasteiger partial charge in [0.1, 0.15) is 0 Å². The molecule has 1 rings (SSSR count). The monoisotopic (exact) mass is 200 g/mol. The molecule has 0 aliphatic heterocycles. The Labute approximate surface area is 82.9 Å². The molecule has 4 heteroatoms. The number of carboxylic acids is 2. The van der Waals surface area contributed by atoms with Crippen molar-refractivity contribution in [1.82, 2.24) is 0 Å². The molecule has 0 aromatic carbocycles. The van der Waals surface area contributed by atoms with E-state index in [0.29, 0.717) is 12.8 Å². The Morgan fingerprint density at radius 1 is 1.43 bits per heavy atom. The van der Waals surface area contributed by atoms with Crippen molar-refractivity contribution in [2.75, 3.05) is 0 Å². The number of carboxylic acid groups (broad SMARTS) is 2. The summed E-state index contributed by atoms with van der Waals surface area (Å²) in [6, 6.07) is 0. The second kappa shape index (κ2) is 3.98. The number of hydrogen-bond donors (Lipinski definition) is 2. The molecule has 2 atom stereocenters. The molecule has 0 radical (unpaired) electrons. The first-order valence-electron chi connectivity index (χ1n) is 4.98. The zero-order valence-corrected chi connectivity index (χ0v) is 8.32. The molecule has 0 heterocycles. The third kappa shape index (κ3) is 2.05. The topological polar surface area (TPSA) is 74.6 Å². The minimum absolute atomic E-state index is 0.0749. The molecule has 1 aliphatic rings. The lowest BCUT2D eigenvalue weighted by Gasteiger charge is -2.10. The van der Waals surface area contributed by atoms with E-state index in [-0.39, 0.29) is 12.3 Å². The fourth-order valence-corrected chi connectivity index (χ4v) is 2.15. The molecular formula is C10H16O4. The van der Waals surface area contributed by atoms with Gasteiger partial charge in [0.15, 0.2) is 0 Å². The lowest BCUT2D eigenvalue weighted by molar-refractivity contribution is -0.145. The van der Waals surface area contributed by atoms with Crippen LogP contribution in [0.5, 0.6) is 0 Å². The van der Waals surface area contributed by atoms with Crippen LogP contribution in [0, 0.1) is 11.3 Å². The van der Waals surface area contributed by atoms with E-state index in [1.807, 2.05) is 6.92 Å². The van der Waals surface area contributed by atoms with Gasteiger partial charge in [0.25, 0.3) is 0 Å². The molecule has 0 spiro atoms. The normalized spacial score (nSPS) is 29.9. The van der Waals surface area contributed by atoms with Gasteiger partial charge in [0.2, 0.25) is 0 Å². The van der Waals surface area contributed by atoms with Crippen molar-refractivity contribution in [3.8, 4) is 0 Å². The van der Waals surface area contributed by atoms with Crippen molar-refractivity contribution in [3.05, 3.63) is 0 Å². The average Bonchev–Trinajstić information content (AvgIpc) is 2.79. The Hall–Kier alpha value is -1.06. The van der Waals surface area contributed by atoms with Crippen molar-refractivity contribution in [2.45, 2.75) is 39.0 Å². The summed E-state index contributed by atoms with van der Waals surface area (Å²) in [6.45, 7) is 1.98. The smallest absolute Gasteiger partial charge is 0.309 e. The molecule has 0 aromatic rings. The molecule has 1 saturated carbocycles. The van der Waals surface area contributed by atoms with Gasteiger partial charge in [0, 0.05) is 6.42 Å². The van der Waals surface area contributed by atoms with E-state index in [1.165, 1.54) is 0 Å². The van der Waals surface area contributed by atoms with Crippen LogP contribution in [0.2, 0.25) is 0 Å². The molecule has 2 N–H and O–H groups in total. The highest BCUT2D eigenvalue weighted by Crippen LogP contribution is 2.57. The first-order valence-corrected chi connectivity index (χ1v) is 4.98. The Bertz CT molecular complexity index is 249. The van der Waals surface area contributed by atoms with E-state index < -0.39 is 17.4 Å². The maximum Gasteiger partial charge on any atom is 0.309 e. The SMILES string of the molecule is CCC1CC1(CCCC(=O)O)C(=O)O. The summed E-state index contributed by atoms with van der Waals surface area (Å²) in [5.41, 5.74) is -0.593. The molecule has 0 bridgehead atoms. The van der Waals surface area contributed by atoms with Gasteiger partial charge in [-0.2, -0.15) is 0 Å². The van der Waals surface area contributed by atoms with Crippen molar-refractivity contribution in [1.29, 1.82) is 0 Å². The lowest BCUT2D eigenvalue weighted by atomic mass is 9.95. The average molecular weight is 200 g/mol. The molecule has 1 fully saturated rings. The number of hydrogen-bond acceptors (Lipinski definition) is 2. The Morgan fingerprint density at radius 2 is 2.07 bits per heavy atom. The number of rotatable bonds is 6. The minimum atomic E-state index is -0.848. The maximum atomic E-state index is 11.0. The second-order valence-electron chi connectivity index (χ2n) is 4.02. The lowest BCUT2D eigenvalue weighted by Crippen LogP contribution is -2.18. The van der Waals surface area contributed by atoms with Crippen molar-refractivity contribution >= 4 is 11.9 Å². The fourth-order valence-electron chi connectivity index (χ4n) is 2.15. The second-order valence-corrected chi connectivity index (χ2v) is 4.02. The summed E-state index contributed by atoms with van der Waals surface area (Å²) in [5.74, 6) is -1.34. The van der Waals surface area contributed by atoms with Crippen LogP contribution >= 0.6 is 0 Å². The van der Waals surface area contributed by atoms with Gasteiger partial charge in [0.05, 0.1) is 5.41 Å². The third-order valence-electron chi connectivity index (χ3n) is 3.16. The van der Waals surface area contributed by atoms with E-state index in [9.17, 15) is 9.59 Å². The van der Waals surface area contributed by atoms with Gasteiger partial charge < -0.3 is 10.2 Å². The Kier molecular flexibility index (Phi) is 3.13. The van der Waals surface area contributed by atoms with Gasteiger partial charge >= 0.3 is 11.9 Å². The summed E-state index contributed by atoms with van der Waals surface area (Å²) in [7, 11) is 0. The number of carbonyl (C=O) groups is 2. The molecule has 4 nitrogen and oxygen atoms in total. The molecule has 1 aliphatic carbocycles. The number of aliphatic carboxylic acids is 2. The third-order valence-corrected chi connectivity index (χ3v) is 3.16. The van der Waals surface area contributed by atoms with E-state index >= 15 is 0 Å². The van der Waals surface area contributed by atoms with Gasteiger partial charge in [-0.1, -0.05) is 13.3 Å². The van der Waals surface area contributed by atoms with E-state index in [1.54, 1.807) is 0 Å². The molecular weight excluding hydrogens is 184 g/mol. The van der Waals surface area contributed by atoms with Gasteiger partial charge in [-0.25, -0.2) is 0 Å². The quantitative estimate of drug-likeness (QED) is 0.684. The Balaban J connectivity index is 2.40. The van der Waals surface area contributed by atoms with Crippen LogP contribution in [0.15, 0.2) is 0 Å². The van der Waals surface area contributed by atoms with E-state index in [0.717, 1.165) is 12.8 Å². The van der Waals surface area contributed by atoms with Crippen molar-refractivity contribution < 1.29 is 19.8 Å². The first-order chi connectivity index (χ1) is 6.53. The van der Waals surface area contributed by atoms with Crippen LogP contribution in [-0.2, 0) is 9.59 Å². The van der Waals surface area contributed by atoms with Crippen molar-refractivity contribution in [2.24, 2.45) is 11.3 Å². The fraction of sp³-hybridized carbons (Fsp3) is 0.800. The summed E-state index contributed by atoms with van der Waals surface area (Å²) in [4.78, 5) is 21.3. The molecule has 14 heavy (non-hydrogen) atoms. The molecule has 80 valence electrons. The van der Waals surface area contributed by atoms with Crippen LogP contribution in [-0.4, -0.2) is 22.2 Å². The van der Waals surface area contributed by atoms with Crippen LogP contribution in [0.1, 0.15) is 39.0 Å². The predicted octanol–water partition coefficient (Wildman–Crippen LogP) is 1.74. The predicted molar refractivity (Wildman–Crippen MR) is 50.0 cm³/mol. The van der Waals surface area contributed by atoms with Crippen LogP contribution in [0.25, 0.3) is 0 Å². The van der Waals surface area contributed by atoms with Gasteiger partial charge in [-0.3, -0.25) is 9.59 Å². The zero-order chi connectivity index (χ0) is 10.8. The molecule has 0 aromatic heterocycles. The summed E-state index contributed by atoms with van der Waals surface area (Å²) < 4.78 is 0. The minimum Gasteiger partial charge on any atom is -0.481 e. The summed E-state index contributed by atoms with van der Waals surface area (Å²) in [5, 5.41) is 17.5. The Morgan fingerprint density at radius 3 is 2.43 bits per heavy atom. The van der Waals surface area contributed by atoms with Gasteiger partial charge in [-0.05, 0) is 25.2 Å². The molecule has 0 amide bonds. The molecule has 2 unspecified atom stereocenters. The highest BCUT2D eigenvalue weighted by molar-refractivity contribution is 5.78. The highest BCUT2D eigenvalue weighted by Gasteiger charge is 2.58. The zero-order valence-electron chi connectivity index (χ0n) is 8.32. The van der Waals surface area contributed by atoms with Crippen LogP contribution in [0.3, 0.4) is 0 Å². The maximum absolute atomic E-state index is 11.0. The summed E-state index contributed by atoms with van der Waals surface area (Å²) >= 11 is 0. The van der Waals surface area contributed by atoms with E-state index in [2.05, 4.69) is 0 Å².